The van der Waals surface area contributed by atoms with E-state index in [0.717, 1.165) is 0 Å². The fourth-order valence-electron chi connectivity index (χ4n) is 1.20. The van der Waals surface area contributed by atoms with Gasteiger partial charge in [-0.3, -0.25) is 0 Å². The summed E-state index contributed by atoms with van der Waals surface area (Å²) in [5, 5.41) is 0. The fourth-order valence-corrected chi connectivity index (χ4v) is 1.20. The lowest BCUT2D eigenvalue weighted by Gasteiger charge is -2.02. The summed E-state index contributed by atoms with van der Waals surface area (Å²) in [5.41, 5.74) is 1.07. The average Bonchev–Trinajstić information content (AvgIpc) is 2.42. The van der Waals surface area contributed by atoms with Crippen LogP contribution in [0.15, 0.2) is 22.6 Å². The van der Waals surface area contributed by atoms with Crippen molar-refractivity contribution in [3.05, 3.63) is 24.1 Å². The number of hydrogen-bond acceptors (Lipinski definition) is 3. The molecular weight excluding hydrogens is 192 g/mol. The zero-order valence-electron chi connectivity index (χ0n) is 7.33. The van der Waals surface area contributed by atoms with Gasteiger partial charge in [-0.15, -0.1) is 0 Å². The highest BCUT2D eigenvalue weighted by atomic mass is 19.3. The normalized spacial score (nSPS) is 11.1. The van der Waals surface area contributed by atoms with Gasteiger partial charge in [-0.1, -0.05) is 0 Å². The molecule has 0 aliphatic rings. The first-order chi connectivity index (χ1) is 6.65. The van der Waals surface area contributed by atoms with Crippen LogP contribution >= 0.6 is 0 Å². The molecule has 0 fully saturated rings. The SMILES string of the molecule is Cc1nc2cc(OC(F)F)ccc2o1. The van der Waals surface area contributed by atoms with Gasteiger partial charge in [0.15, 0.2) is 11.5 Å². The number of fused-ring (bicyclic) bond motifs is 1. The minimum absolute atomic E-state index is 0.0841. The Balaban J connectivity index is 2.40. The van der Waals surface area contributed by atoms with Gasteiger partial charge in [0.05, 0.1) is 0 Å². The minimum Gasteiger partial charge on any atom is -0.441 e. The van der Waals surface area contributed by atoms with Crippen LogP contribution in [-0.2, 0) is 0 Å². The second-order valence-corrected chi connectivity index (χ2v) is 2.74. The van der Waals surface area contributed by atoms with Crippen molar-refractivity contribution in [2.24, 2.45) is 0 Å². The molecule has 2 rings (SSSR count). The summed E-state index contributed by atoms with van der Waals surface area (Å²) >= 11 is 0. The molecule has 0 amide bonds. The van der Waals surface area contributed by atoms with Crippen LogP contribution in [0.4, 0.5) is 8.78 Å². The molecule has 3 nitrogen and oxygen atoms in total. The smallest absolute Gasteiger partial charge is 0.387 e. The van der Waals surface area contributed by atoms with E-state index in [0.29, 0.717) is 17.0 Å². The van der Waals surface area contributed by atoms with E-state index in [9.17, 15) is 8.78 Å². The van der Waals surface area contributed by atoms with E-state index in [1.165, 1.54) is 12.1 Å². The molecule has 5 heteroatoms. The van der Waals surface area contributed by atoms with Crippen molar-refractivity contribution < 1.29 is 17.9 Å². The molecule has 0 radical (unpaired) electrons. The van der Waals surface area contributed by atoms with Crippen LogP contribution in [-0.4, -0.2) is 11.6 Å². The number of nitrogens with zero attached hydrogens (tertiary/aromatic N) is 1. The predicted octanol–water partition coefficient (Wildman–Crippen LogP) is 2.74. The molecule has 0 saturated heterocycles. The maximum atomic E-state index is 11.9. The quantitative estimate of drug-likeness (QED) is 0.745. The van der Waals surface area contributed by atoms with Crippen molar-refractivity contribution in [1.82, 2.24) is 4.98 Å². The largest absolute Gasteiger partial charge is 0.441 e. The Morgan fingerprint density at radius 2 is 2.21 bits per heavy atom. The molecule has 74 valence electrons. The first kappa shape index (κ1) is 8.93. The lowest BCUT2D eigenvalue weighted by Crippen LogP contribution is -2.01. The monoisotopic (exact) mass is 199 g/mol. The molecule has 0 N–H and O–H groups in total. The van der Waals surface area contributed by atoms with Crippen LogP contribution in [0, 0.1) is 6.92 Å². The Hall–Kier alpha value is -1.65. The lowest BCUT2D eigenvalue weighted by atomic mass is 10.3. The standard InChI is InChI=1S/C9H7F2NO2/c1-5-12-7-4-6(14-9(10)11)2-3-8(7)13-5/h2-4,9H,1H3. The van der Waals surface area contributed by atoms with E-state index in [-0.39, 0.29) is 5.75 Å². The summed E-state index contributed by atoms with van der Waals surface area (Å²) in [4.78, 5) is 3.99. The fraction of sp³-hybridized carbons (Fsp3) is 0.222. The van der Waals surface area contributed by atoms with E-state index < -0.39 is 6.61 Å². The highest BCUT2D eigenvalue weighted by Crippen LogP contribution is 2.22. The van der Waals surface area contributed by atoms with Crippen molar-refractivity contribution in [2.45, 2.75) is 13.5 Å². The highest BCUT2D eigenvalue weighted by Gasteiger charge is 2.07. The number of halogens is 2. The summed E-state index contributed by atoms with van der Waals surface area (Å²) in [6.07, 6.45) is 0. The van der Waals surface area contributed by atoms with E-state index in [1.54, 1.807) is 13.0 Å². The molecule has 0 spiro atoms. The summed E-state index contributed by atoms with van der Waals surface area (Å²) in [6.45, 7) is -1.13. The van der Waals surface area contributed by atoms with Gasteiger partial charge < -0.3 is 9.15 Å². The van der Waals surface area contributed by atoms with Crippen molar-refractivity contribution in [1.29, 1.82) is 0 Å². The van der Waals surface area contributed by atoms with Gasteiger partial charge in [-0.25, -0.2) is 4.98 Å². The van der Waals surface area contributed by atoms with Gasteiger partial charge in [0.25, 0.3) is 0 Å². The number of ether oxygens (including phenoxy) is 1. The third-order valence-corrected chi connectivity index (χ3v) is 1.69. The summed E-state index contributed by atoms with van der Waals surface area (Å²) in [7, 11) is 0. The van der Waals surface area contributed by atoms with E-state index >= 15 is 0 Å². The van der Waals surface area contributed by atoms with Gasteiger partial charge in [0, 0.05) is 13.0 Å². The number of alkyl halides is 2. The summed E-state index contributed by atoms with van der Waals surface area (Å²) < 4.78 is 33.1. The van der Waals surface area contributed by atoms with Crippen LogP contribution in [0.2, 0.25) is 0 Å². The van der Waals surface area contributed by atoms with E-state index in [4.69, 9.17) is 4.42 Å². The number of benzene rings is 1. The Morgan fingerprint density at radius 1 is 1.43 bits per heavy atom. The van der Waals surface area contributed by atoms with E-state index in [2.05, 4.69) is 9.72 Å². The molecule has 0 aliphatic heterocycles. The van der Waals surface area contributed by atoms with Crippen molar-refractivity contribution in [2.75, 3.05) is 0 Å². The van der Waals surface area contributed by atoms with Gasteiger partial charge in [-0.05, 0) is 12.1 Å². The van der Waals surface area contributed by atoms with Crippen molar-refractivity contribution in [3.63, 3.8) is 0 Å². The maximum Gasteiger partial charge on any atom is 0.387 e. The van der Waals surface area contributed by atoms with Crippen LogP contribution in [0.3, 0.4) is 0 Å². The zero-order valence-corrected chi connectivity index (χ0v) is 7.33. The third kappa shape index (κ3) is 1.66. The van der Waals surface area contributed by atoms with Crippen molar-refractivity contribution in [3.8, 4) is 5.75 Å². The second kappa shape index (κ2) is 3.25. The molecule has 1 aromatic heterocycles. The highest BCUT2D eigenvalue weighted by molar-refractivity contribution is 5.74. The number of oxazole rings is 1. The average molecular weight is 199 g/mol. The van der Waals surface area contributed by atoms with Gasteiger partial charge >= 0.3 is 6.61 Å². The maximum absolute atomic E-state index is 11.9. The Morgan fingerprint density at radius 3 is 2.93 bits per heavy atom. The molecule has 0 bridgehead atoms. The molecule has 0 aliphatic carbocycles. The second-order valence-electron chi connectivity index (χ2n) is 2.74. The van der Waals surface area contributed by atoms with Crippen LogP contribution < -0.4 is 4.74 Å². The Bertz CT molecular complexity index is 453. The number of aromatic nitrogens is 1. The van der Waals surface area contributed by atoms with Gasteiger partial charge in [-0.2, -0.15) is 8.78 Å². The number of aryl methyl sites for hydroxylation is 1. The summed E-state index contributed by atoms with van der Waals surface area (Å²) in [6, 6.07) is 4.38. The first-order valence-electron chi connectivity index (χ1n) is 3.97. The lowest BCUT2D eigenvalue weighted by molar-refractivity contribution is -0.0497. The van der Waals surface area contributed by atoms with Gasteiger partial charge in [0.1, 0.15) is 11.3 Å². The Labute approximate surface area is 78.3 Å². The van der Waals surface area contributed by atoms with Crippen molar-refractivity contribution >= 4 is 11.1 Å². The van der Waals surface area contributed by atoms with Gasteiger partial charge in [0.2, 0.25) is 0 Å². The number of rotatable bonds is 2. The van der Waals surface area contributed by atoms with Crippen LogP contribution in [0.1, 0.15) is 5.89 Å². The van der Waals surface area contributed by atoms with Crippen LogP contribution in [0.5, 0.6) is 5.75 Å². The number of hydrogen-bond donors (Lipinski definition) is 0. The molecule has 1 aromatic carbocycles. The molecular formula is C9H7F2NO2. The third-order valence-electron chi connectivity index (χ3n) is 1.69. The topological polar surface area (TPSA) is 35.3 Å². The molecule has 0 atom stereocenters. The molecule has 2 aromatic rings. The summed E-state index contributed by atoms with van der Waals surface area (Å²) in [5.74, 6) is 0.579. The molecule has 1 heterocycles. The Kier molecular flexibility index (Phi) is 2.07. The first-order valence-corrected chi connectivity index (χ1v) is 3.97. The minimum atomic E-state index is -2.82. The molecule has 14 heavy (non-hydrogen) atoms. The molecule has 0 unspecified atom stereocenters. The van der Waals surface area contributed by atoms with Crippen LogP contribution in [0.25, 0.3) is 11.1 Å². The molecule has 0 saturated carbocycles. The zero-order chi connectivity index (χ0) is 10.1. The van der Waals surface area contributed by atoms with E-state index in [1.807, 2.05) is 0 Å². The predicted molar refractivity (Wildman–Crippen MR) is 45.4 cm³/mol.